The van der Waals surface area contributed by atoms with Crippen LogP contribution in [0.15, 0.2) is 6.33 Å². The zero-order valence-corrected chi connectivity index (χ0v) is 14.7. The van der Waals surface area contributed by atoms with Crippen LogP contribution < -0.4 is 5.32 Å². The molecule has 0 spiro atoms. The van der Waals surface area contributed by atoms with E-state index in [1.807, 2.05) is 0 Å². The number of aromatic nitrogens is 4. The van der Waals surface area contributed by atoms with E-state index in [0.717, 1.165) is 12.8 Å². The van der Waals surface area contributed by atoms with Crippen LogP contribution >= 0.6 is 11.6 Å². The zero-order valence-electron chi connectivity index (χ0n) is 13.9. The average molecular weight is 388 g/mol. The lowest BCUT2D eigenvalue weighted by molar-refractivity contribution is -0.0511. The highest BCUT2D eigenvalue weighted by Crippen LogP contribution is 2.33. The minimum absolute atomic E-state index is 0. The van der Waals surface area contributed by atoms with Crippen molar-refractivity contribution in [2.45, 2.75) is 56.3 Å². The van der Waals surface area contributed by atoms with Crippen LogP contribution in [0.25, 0.3) is 11.2 Å². The standard InChI is InChI=1S/C15H20ClN5O4.H2O/c16-15-19-12(18-7-3-1-2-4-7)9-13(20-15)21(6-17-9)14-11(24)10(23)8(5-22)25-14;/h6-8,10-11,14,22-24H,1-5H2,(H,18,19,20);1H2/t8-,10?,11+,14-;/m1./s1. The molecule has 4 atom stereocenters. The van der Waals surface area contributed by atoms with Crippen molar-refractivity contribution in [3.8, 4) is 0 Å². The normalized spacial score (nSPS) is 29.2. The quantitative estimate of drug-likeness (QED) is 0.517. The molecule has 2 aromatic heterocycles. The molecule has 1 saturated carbocycles. The number of nitrogens with zero attached hydrogens (tertiary/aromatic N) is 4. The van der Waals surface area contributed by atoms with E-state index in [-0.39, 0.29) is 10.8 Å². The van der Waals surface area contributed by atoms with Gasteiger partial charge in [0, 0.05) is 6.04 Å². The number of imidazole rings is 1. The summed E-state index contributed by atoms with van der Waals surface area (Å²) < 4.78 is 7.06. The van der Waals surface area contributed by atoms with E-state index in [2.05, 4.69) is 20.3 Å². The molecule has 144 valence electrons. The van der Waals surface area contributed by atoms with Gasteiger partial charge in [-0.1, -0.05) is 12.8 Å². The Morgan fingerprint density at radius 1 is 1.23 bits per heavy atom. The third-order valence-corrected chi connectivity index (χ3v) is 5.05. The van der Waals surface area contributed by atoms with Crippen molar-refractivity contribution in [2.75, 3.05) is 11.9 Å². The molecule has 3 heterocycles. The molecule has 4 rings (SSSR count). The number of hydrogen-bond acceptors (Lipinski definition) is 8. The number of aliphatic hydroxyl groups excluding tert-OH is 3. The van der Waals surface area contributed by atoms with Gasteiger partial charge >= 0.3 is 0 Å². The summed E-state index contributed by atoms with van der Waals surface area (Å²) in [6, 6.07) is 0.327. The van der Waals surface area contributed by atoms with Crippen molar-refractivity contribution < 1.29 is 25.5 Å². The van der Waals surface area contributed by atoms with Gasteiger partial charge in [-0.05, 0) is 24.4 Å². The number of halogens is 1. The van der Waals surface area contributed by atoms with E-state index in [1.54, 1.807) is 0 Å². The number of hydrogen-bond donors (Lipinski definition) is 4. The first-order chi connectivity index (χ1) is 12.1. The minimum Gasteiger partial charge on any atom is -0.412 e. The summed E-state index contributed by atoms with van der Waals surface area (Å²) in [4.78, 5) is 12.8. The van der Waals surface area contributed by atoms with Gasteiger partial charge in [-0.3, -0.25) is 4.57 Å². The summed E-state index contributed by atoms with van der Waals surface area (Å²) in [5.74, 6) is 0.549. The molecule has 10 nitrogen and oxygen atoms in total. The molecule has 2 fully saturated rings. The predicted octanol–water partition coefficient (Wildman–Crippen LogP) is -0.379. The van der Waals surface area contributed by atoms with Crippen molar-refractivity contribution in [3.63, 3.8) is 0 Å². The third kappa shape index (κ3) is 3.24. The maximum Gasteiger partial charge on any atom is 0.226 e. The Balaban J connectivity index is 0.00000196. The molecule has 2 aliphatic rings. The molecule has 0 aromatic carbocycles. The molecule has 11 heteroatoms. The van der Waals surface area contributed by atoms with E-state index in [4.69, 9.17) is 16.3 Å². The first-order valence-corrected chi connectivity index (χ1v) is 8.75. The molecule has 0 amide bonds. The van der Waals surface area contributed by atoms with Crippen molar-refractivity contribution in [3.05, 3.63) is 11.6 Å². The van der Waals surface area contributed by atoms with Gasteiger partial charge in [0.1, 0.15) is 18.3 Å². The van der Waals surface area contributed by atoms with Crippen LogP contribution in [-0.4, -0.2) is 71.3 Å². The minimum atomic E-state index is -1.21. The summed E-state index contributed by atoms with van der Waals surface area (Å²) in [6.45, 7) is -0.397. The molecule has 1 unspecified atom stereocenters. The fraction of sp³-hybridized carbons (Fsp3) is 0.667. The van der Waals surface area contributed by atoms with Gasteiger partial charge in [0.15, 0.2) is 23.2 Å². The Hall–Kier alpha value is -1.56. The van der Waals surface area contributed by atoms with Crippen LogP contribution in [0.3, 0.4) is 0 Å². The van der Waals surface area contributed by atoms with Crippen molar-refractivity contribution in [1.82, 2.24) is 19.5 Å². The lowest BCUT2D eigenvalue weighted by atomic mass is 10.1. The summed E-state index contributed by atoms with van der Waals surface area (Å²) in [7, 11) is 0. The average Bonchev–Trinajstić information content (AvgIpc) is 3.29. The monoisotopic (exact) mass is 387 g/mol. The summed E-state index contributed by atoms with van der Waals surface area (Å²) in [5.41, 5.74) is 0.921. The maximum atomic E-state index is 10.2. The van der Waals surface area contributed by atoms with Gasteiger partial charge in [-0.25, -0.2) is 4.98 Å². The fourth-order valence-electron chi connectivity index (χ4n) is 3.55. The van der Waals surface area contributed by atoms with Crippen molar-refractivity contribution in [2.24, 2.45) is 0 Å². The second-order valence-electron chi connectivity index (χ2n) is 6.52. The first-order valence-electron chi connectivity index (χ1n) is 8.37. The maximum absolute atomic E-state index is 10.2. The number of ether oxygens (including phenoxy) is 1. The van der Waals surface area contributed by atoms with E-state index in [0.29, 0.717) is 23.0 Å². The Labute approximate surface area is 154 Å². The zero-order chi connectivity index (χ0) is 17.6. The van der Waals surface area contributed by atoms with Gasteiger partial charge in [0.25, 0.3) is 0 Å². The molecule has 0 bridgehead atoms. The summed E-state index contributed by atoms with van der Waals surface area (Å²) in [6.07, 6.45) is 1.77. The molecule has 1 aliphatic heterocycles. The lowest BCUT2D eigenvalue weighted by Crippen LogP contribution is -2.33. The molecule has 6 N–H and O–H groups in total. The second-order valence-corrected chi connectivity index (χ2v) is 6.86. The molecule has 0 radical (unpaired) electrons. The predicted molar refractivity (Wildman–Crippen MR) is 92.8 cm³/mol. The van der Waals surface area contributed by atoms with Gasteiger partial charge in [-0.2, -0.15) is 9.97 Å². The number of anilines is 1. The van der Waals surface area contributed by atoms with Gasteiger partial charge in [0.2, 0.25) is 5.28 Å². The number of nitrogens with one attached hydrogen (secondary N) is 1. The fourth-order valence-corrected chi connectivity index (χ4v) is 3.71. The van der Waals surface area contributed by atoms with Gasteiger partial charge < -0.3 is 30.8 Å². The van der Waals surface area contributed by atoms with Gasteiger partial charge in [-0.15, -0.1) is 0 Å². The van der Waals surface area contributed by atoms with Crippen LogP contribution in [0, 0.1) is 0 Å². The highest BCUT2D eigenvalue weighted by Gasteiger charge is 2.44. The summed E-state index contributed by atoms with van der Waals surface area (Å²) >= 11 is 6.07. The van der Waals surface area contributed by atoms with Crippen molar-refractivity contribution >= 4 is 28.6 Å². The molecule has 1 saturated heterocycles. The van der Waals surface area contributed by atoms with Crippen molar-refractivity contribution in [1.29, 1.82) is 0 Å². The largest absolute Gasteiger partial charge is 0.412 e. The van der Waals surface area contributed by atoms with Crippen LogP contribution in [0.4, 0.5) is 5.82 Å². The van der Waals surface area contributed by atoms with E-state index in [1.165, 1.54) is 23.7 Å². The molecule has 26 heavy (non-hydrogen) atoms. The Morgan fingerprint density at radius 2 is 1.96 bits per heavy atom. The number of rotatable bonds is 4. The highest BCUT2D eigenvalue weighted by atomic mass is 35.5. The number of aliphatic hydroxyl groups is 3. The Bertz CT molecular complexity index is 768. The van der Waals surface area contributed by atoms with Crippen LogP contribution in [0.1, 0.15) is 31.9 Å². The van der Waals surface area contributed by atoms with Crippen LogP contribution in [0.5, 0.6) is 0 Å². The lowest BCUT2D eigenvalue weighted by Gasteiger charge is -2.17. The molecule has 1 aliphatic carbocycles. The van der Waals surface area contributed by atoms with Gasteiger partial charge in [0.05, 0.1) is 12.9 Å². The molecule has 2 aromatic rings. The highest BCUT2D eigenvalue weighted by molar-refractivity contribution is 6.28. The summed E-state index contributed by atoms with van der Waals surface area (Å²) in [5, 5.41) is 32.9. The van der Waals surface area contributed by atoms with Crippen LogP contribution in [0.2, 0.25) is 5.28 Å². The second kappa shape index (κ2) is 7.59. The SMILES string of the molecule is O.OC[C@H]1O[C@@H](n2cnc3c(NC4CCCC4)nc(Cl)nc32)[C@@H](O)C1O. The Kier molecular flexibility index (Phi) is 5.61. The topological polar surface area (TPSA) is 157 Å². The number of fused-ring (bicyclic) bond motifs is 1. The molecular weight excluding hydrogens is 366 g/mol. The third-order valence-electron chi connectivity index (χ3n) is 4.88. The molecular formula is C15H22ClN5O5. The van der Waals surface area contributed by atoms with Crippen LogP contribution in [-0.2, 0) is 4.74 Å². The Morgan fingerprint density at radius 3 is 2.62 bits per heavy atom. The van der Waals surface area contributed by atoms with E-state index in [9.17, 15) is 15.3 Å². The van der Waals surface area contributed by atoms with E-state index < -0.39 is 31.1 Å². The first kappa shape index (κ1) is 19.2. The smallest absolute Gasteiger partial charge is 0.226 e. The van der Waals surface area contributed by atoms with E-state index >= 15 is 0 Å².